The molecule has 2 fully saturated rings. The highest BCUT2D eigenvalue weighted by Gasteiger charge is 2.23. The highest BCUT2D eigenvalue weighted by molar-refractivity contribution is 5.89. The minimum absolute atomic E-state index is 0.0864. The van der Waals surface area contributed by atoms with E-state index < -0.39 is 0 Å². The number of amides is 2. The summed E-state index contributed by atoms with van der Waals surface area (Å²) in [7, 11) is 0. The molecule has 0 spiro atoms. The molecule has 2 aromatic rings. The predicted molar refractivity (Wildman–Crippen MR) is 120 cm³/mol. The van der Waals surface area contributed by atoms with Crippen LogP contribution in [0.2, 0.25) is 0 Å². The first-order chi connectivity index (χ1) is 15.1. The quantitative estimate of drug-likeness (QED) is 0.786. The molecule has 2 saturated heterocycles. The summed E-state index contributed by atoms with van der Waals surface area (Å²) in [5, 5.41) is 2.97. The Morgan fingerprint density at radius 3 is 2.23 bits per heavy atom. The summed E-state index contributed by atoms with van der Waals surface area (Å²) in [6.45, 7) is 10.4. The predicted octanol–water partition coefficient (Wildman–Crippen LogP) is 2.37. The fourth-order valence-corrected chi connectivity index (χ4v) is 3.80. The number of aromatic nitrogens is 2. The van der Waals surface area contributed by atoms with E-state index in [-0.39, 0.29) is 6.03 Å². The first kappa shape index (κ1) is 21.2. The van der Waals surface area contributed by atoms with Crippen LogP contribution in [0.25, 0.3) is 0 Å². The van der Waals surface area contributed by atoms with Gasteiger partial charge in [0.05, 0.1) is 19.8 Å². The molecule has 166 valence electrons. The Hall–Kier alpha value is -3.07. The van der Waals surface area contributed by atoms with Gasteiger partial charge in [-0.25, -0.2) is 14.8 Å². The van der Waals surface area contributed by atoms with Crippen LogP contribution in [0.3, 0.4) is 0 Å². The number of carbonyl (C=O) groups excluding carboxylic acids is 1. The van der Waals surface area contributed by atoms with Crippen LogP contribution in [0.1, 0.15) is 12.7 Å². The van der Waals surface area contributed by atoms with Crippen molar-refractivity contribution in [3.8, 4) is 5.75 Å². The van der Waals surface area contributed by atoms with Crippen LogP contribution in [0.4, 0.5) is 22.1 Å². The number of anilines is 3. The molecule has 9 nitrogen and oxygen atoms in total. The number of ether oxygens (including phenoxy) is 2. The molecule has 1 N–H and O–H groups in total. The van der Waals surface area contributed by atoms with Crippen molar-refractivity contribution in [1.82, 2.24) is 14.9 Å². The lowest BCUT2D eigenvalue weighted by atomic mass is 10.3. The maximum atomic E-state index is 12.7. The standard InChI is InChI=1S/C22H30N6O3/c1-3-31-19-6-4-18(5-7-19)25-22(29)28-10-8-26(9-11-28)20-16-21(24-17(2)23-20)27-12-14-30-15-13-27/h4-7,16H,3,8-15H2,1-2H3,(H,25,29). The van der Waals surface area contributed by atoms with E-state index in [0.717, 1.165) is 68.3 Å². The molecule has 0 unspecified atom stereocenters. The smallest absolute Gasteiger partial charge is 0.321 e. The Balaban J connectivity index is 1.34. The van der Waals surface area contributed by atoms with E-state index in [4.69, 9.17) is 9.47 Å². The van der Waals surface area contributed by atoms with Gasteiger partial charge in [0, 0.05) is 51.0 Å². The number of nitrogens with one attached hydrogen (secondary N) is 1. The van der Waals surface area contributed by atoms with Gasteiger partial charge in [0.25, 0.3) is 0 Å². The number of aryl methyl sites for hydroxylation is 1. The van der Waals surface area contributed by atoms with E-state index in [1.807, 2.05) is 49.1 Å². The molecule has 0 saturated carbocycles. The second-order valence-electron chi connectivity index (χ2n) is 7.59. The Labute approximate surface area is 183 Å². The van der Waals surface area contributed by atoms with E-state index >= 15 is 0 Å². The third-order valence-corrected chi connectivity index (χ3v) is 5.45. The van der Waals surface area contributed by atoms with Crippen LogP contribution >= 0.6 is 0 Å². The number of benzene rings is 1. The molecule has 3 heterocycles. The highest BCUT2D eigenvalue weighted by atomic mass is 16.5. The zero-order chi connectivity index (χ0) is 21.6. The van der Waals surface area contributed by atoms with Crippen molar-refractivity contribution in [2.24, 2.45) is 0 Å². The van der Waals surface area contributed by atoms with Crippen molar-refractivity contribution in [1.29, 1.82) is 0 Å². The van der Waals surface area contributed by atoms with Crippen LogP contribution in [-0.2, 0) is 4.74 Å². The largest absolute Gasteiger partial charge is 0.494 e. The zero-order valence-corrected chi connectivity index (χ0v) is 18.2. The van der Waals surface area contributed by atoms with E-state index in [0.29, 0.717) is 19.7 Å². The van der Waals surface area contributed by atoms with Gasteiger partial charge in [-0.3, -0.25) is 0 Å². The number of carbonyl (C=O) groups is 1. The first-order valence-electron chi connectivity index (χ1n) is 10.8. The fourth-order valence-electron chi connectivity index (χ4n) is 3.80. The van der Waals surface area contributed by atoms with Crippen molar-refractivity contribution in [2.75, 3.05) is 74.2 Å². The van der Waals surface area contributed by atoms with Gasteiger partial charge < -0.3 is 29.5 Å². The zero-order valence-electron chi connectivity index (χ0n) is 18.2. The maximum Gasteiger partial charge on any atom is 0.321 e. The Morgan fingerprint density at radius 1 is 1.00 bits per heavy atom. The van der Waals surface area contributed by atoms with Crippen LogP contribution in [-0.4, -0.2) is 80.0 Å². The number of nitrogens with zero attached hydrogens (tertiary/aromatic N) is 5. The highest BCUT2D eigenvalue weighted by Crippen LogP contribution is 2.22. The fraction of sp³-hybridized carbons (Fsp3) is 0.500. The molecule has 0 aliphatic carbocycles. The van der Waals surface area contributed by atoms with Crippen molar-refractivity contribution < 1.29 is 14.3 Å². The molecule has 2 amide bonds. The first-order valence-corrected chi connectivity index (χ1v) is 10.8. The van der Waals surface area contributed by atoms with Gasteiger partial charge in [0.15, 0.2) is 0 Å². The van der Waals surface area contributed by atoms with Gasteiger partial charge >= 0.3 is 6.03 Å². The Kier molecular flexibility index (Phi) is 6.71. The molecular weight excluding hydrogens is 396 g/mol. The lowest BCUT2D eigenvalue weighted by Crippen LogP contribution is -2.50. The number of urea groups is 1. The van der Waals surface area contributed by atoms with Gasteiger partial charge in [-0.05, 0) is 38.1 Å². The minimum atomic E-state index is -0.0864. The Morgan fingerprint density at radius 2 is 1.61 bits per heavy atom. The number of morpholine rings is 1. The lowest BCUT2D eigenvalue weighted by molar-refractivity contribution is 0.122. The number of rotatable bonds is 5. The van der Waals surface area contributed by atoms with Gasteiger partial charge in [-0.1, -0.05) is 0 Å². The van der Waals surface area contributed by atoms with E-state index in [1.54, 1.807) is 0 Å². The summed E-state index contributed by atoms with van der Waals surface area (Å²) in [4.78, 5) is 28.2. The Bertz CT molecular complexity index is 877. The monoisotopic (exact) mass is 426 g/mol. The minimum Gasteiger partial charge on any atom is -0.494 e. The topological polar surface area (TPSA) is 83.1 Å². The SMILES string of the molecule is CCOc1ccc(NC(=O)N2CCN(c3cc(N4CCOCC4)nc(C)n3)CC2)cc1. The summed E-state index contributed by atoms with van der Waals surface area (Å²) in [6.07, 6.45) is 0. The number of hydrogen-bond acceptors (Lipinski definition) is 7. The van der Waals surface area contributed by atoms with E-state index in [1.165, 1.54) is 0 Å². The molecule has 1 aromatic carbocycles. The van der Waals surface area contributed by atoms with E-state index in [9.17, 15) is 4.79 Å². The summed E-state index contributed by atoms with van der Waals surface area (Å²) in [5.41, 5.74) is 0.762. The summed E-state index contributed by atoms with van der Waals surface area (Å²) >= 11 is 0. The third-order valence-electron chi connectivity index (χ3n) is 5.45. The average Bonchev–Trinajstić information content (AvgIpc) is 2.81. The maximum absolute atomic E-state index is 12.7. The summed E-state index contributed by atoms with van der Waals surface area (Å²) in [6, 6.07) is 9.40. The van der Waals surface area contributed by atoms with Gasteiger partial charge in [-0.2, -0.15) is 0 Å². The molecule has 2 aliphatic rings. The molecule has 4 rings (SSSR count). The third kappa shape index (κ3) is 5.35. The normalized spacial score (nSPS) is 16.9. The van der Waals surface area contributed by atoms with Gasteiger partial charge in [0.1, 0.15) is 23.2 Å². The van der Waals surface area contributed by atoms with Crippen molar-refractivity contribution >= 4 is 23.4 Å². The van der Waals surface area contributed by atoms with Crippen LogP contribution in [0, 0.1) is 6.92 Å². The van der Waals surface area contributed by atoms with E-state index in [2.05, 4.69) is 25.1 Å². The van der Waals surface area contributed by atoms with Crippen molar-refractivity contribution in [2.45, 2.75) is 13.8 Å². The summed E-state index contributed by atoms with van der Waals surface area (Å²) in [5.74, 6) is 3.42. The van der Waals surface area contributed by atoms with Gasteiger partial charge in [0.2, 0.25) is 0 Å². The number of piperazine rings is 1. The molecule has 0 atom stereocenters. The molecule has 31 heavy (non-hydrogen) atoms. The lowest BCUT2D eigenvalue weighted by Gasteiger charge is -2.36. The molecule has 1 aromatic heterocycles. The second-order valence-corrected chi connectivity index (χ2v) is 7.59. The molecule has 2 aliphatic heterocycles. The van der Waals surface area contributed by atoms with Crippen LogP contribution in [0.5, 0.6) is 5.75 Å². The summed E-state index contributed by atoms with van der Waals surface area (Å²) < 4.78 is 10.9. The van der Waals surface area contributed by atoms with Crippen molar-refractivity contribution in [3.63, 3.8) is 0 Å². The van der Waals surface area contributed by atoms with Crippen molar-refractivity contribution in [3.05, 3.63) is 36.2 Å². The van der Waals surface area contributed by atoms with Gasteiger partial charge in [-0.15, -0.1) is 0 Å². The average molecular weight is 427 g/mol. The number of hydrogen-bond donors (Lipinski definition) is 1. The second kappa shape index (κ2) is 9.82. The van der Waals surface area contributed by atoms with Crippen LogP contribution < -0.4 is 19.9 Å². The molecular formula is C22H30N6O3. The molecule has 9 heteroatoms. The molecule has 0 bridgehead atoms. The van der Waals surface area contributed by atoms with Crippen LogP contribution in [0.15, 0.2) is 30.3 Å². The molecule has 0 radical (unpaired) electrons.